The summed E-state index contributed by atoms with van der Waals surface area (Å²) in [5.41, 5.74) is 18.4. The van der Waals surface area contributed by atoms with Crippen molar-refractivity contribution in [1.82, 2.24) is 19.5 Å². The zero-order valence-electron chi connectivity index (χ0n) is 29.7. The van der Waals surface area contributed by atoms with Crippen molar-refractivity contribution in [1.29, 1.82) is 0 Å². The molecule has 15 heteroatoms. The zero-order valence-corrected chi connectivity index (χ0v) is 33.7. The van der Waals surface area contributed by atoms with Gasteiger partial charge < -0.3 is 21.8 Å². The SMILES string of the molecule is CC(=O)c1sccc1N.Cc1ccc(CBr)cc1.Nc1ccccc1NC(=O)c1ccc(Cn2cnc3ccsc3c2=O)cc1.O=c1[nH]cnc2ccsc12. The van der Waals surface area contributed by atoms with E-state index in [9.17, 15) is 19.2 Å². The molecule has 8 rings (SSSR count). The number of H-pyrrole nitrogens is 1. The van der Waals surface area contributed by atoms with Gasteiger partial charge in [-0.2, -0.15) is 0 Å². The molecule has 0 unspecified atom stereocenters. The number of thiophene rings is 3. The van der Waals surface area contributed by atoms with Crippen molar-refractivity contribution in [2.75, 3.05) is 16.8 Å². The molecule has 8 aromatic rings. The number of nitrogens with two attached hydrogens (primary N) is 2. The van der Waals surface area contributed by atoms with Gasteiger partial charge in [-0.25, -0.2) is 9.97 Å². The lowest BCUT2D eigenvalue weighted by molar-refractivity contribution is 0.101. The molecular weight excluding hydrogens is 819 g/mol. The summed E-state index contributed by atoms with van der Waals surface area (Å²) in [5.74, 6) is -0.194. The number of hydrogen-bond acceptors (Lipinski definition) is 11. The molecule has 5 heterocycles. The van der Waals surface area contributed by atoms with Crippen molar-refractivity contribution < 1.29 is 9.59 Å². The van der Waals surface area contributed by atoms with E-state index in [-0.39, 0.29) is 22.8 Å². The predicted octanol–water partition coefficient (Wildman–Crippen LogP) is 8.75. The van der Waals surface area contributed by atoms with E-state index in [4.69, 9.17) is 11.5 Å². The molecule has 0 fully saturated rings. The third kappa shape index (κ3) is 11.1. The number of halogens is 1. The first-order chi connectivity index (χ1) is 26.5. The summed E-state index contributed by atoms with van der Waals surface area (Å²) in [6, 6.07) is 28.1. The van der Waals surface area contributed by atoms with Crippen molar-refractivity contribution >= 4 is 99.1 Å². The largest absolute Gasteiger partial charge is 0.397 e. The number of fused-ring (bicyclic) bond motifs is 2. The number of hydrogen-bond donors (Lipinski definition) is 4. The molecule has 6 N–H and O–H groups in total. The standard InChI is InChI=1S/C20H16N4O2S.C8H9Br.C6H4N2OS.C6H7NOS/c21-15-3-1-2-4-16(15)23-19(25)14-7-5-13(6-8-14)11-24-12-22-17-9-10-27-18(17)20(24)26;1-7-2-4-8(6-9)5-3-7;9-6-5-4(1-2-10-5)7-3-8-6;1-4(8)6-5(7)2-3-9-6/h1-10,12H,11,21H2,(H,23,25);2-5H,6H2,1H3;1-3H,(H,7,8,9);2-3H,7H2,1H3. The Balaban J connectivity index is 0.000000168. The predicted molar refractivity (Wildman–Crippen MR) is 231 cm³/mol. The molecule has 0 aliphatic carbocycles. The van der Waals surface area contributed by atoms with Crippen LogP contribution in [0.4, 0.5) is 17.1 Å². The Morgan fingerprint density at radius 1 is 0.782 bits per heavy atom. The van der Waals surface area contributed by atoms with Gasteiger partial charge in [0.15, 0.2) is 5.78 Å². The van der Waals surface area contributed by atoms with Gasteiger partial charge in [0, 0.05) is 17.8 Å². The number of nitrogens with one attached hydrogen (secondary N) is 2. The van der Waals surface area contributed by atoms with E-state index in [0.29, 0.717) is 49.0 Å². The Bertz CT molecular complexity index is 2630. The first-order valence-corrected chi connectivity index (χ1v) is 20.3. The maximum atomic E-state index is 12.5. The van der Waals surface area contributed by atoms with Crippen molar-refractivity contribution in [2.24, 2.45) is 0 Å². The lowest BCUT2D eigenvalue weighted by Gasteiger charge is -2.09. The molecule has 5 aromatic heterocycles. The van der Waals surface area contributed by atoms with Crippen LogP contribution in [0.2, 0.25) is 0 Å². The number of rotatable bonds is 6. The molecule has 1 amide bonds. The molecule has 55 heavy (non-hydrogen) atoms. The molecule has 0 aliphatic heterocycles. The summed E-state index contributed by atoms with van der Waals surface area (Å²) < 4.78 is 2.91. The van der Waals surface area contributed by atoms with Crippen molar-refractivity contribution in [3.05, 3.63) is 168 Å². The molecule has 0 radical (unpaired) electrons. The highest BCUT2D eigenvalue weighted by molar-refractivity contribution is 9.08. The molecule has 0 saturated carbocycles. The van der Waals surface area contributed by atoms with Crippen LogP contribution in [0.25, 0.3) is 20.4 Å². The second-order valence-corrected chi connectivity index (χ2v) is 15.1. The molecule has 3 aromatic carbocycles. The second-order valence-electron chi connectivity index (χ2n) is 11.8. The Labute approximate surface area is 336 Å². The van der Waals surface area contributed by atoms with Gasteiger partial charge in [-0.1, -0.05) is 70.0 Å². The van der Waals surface area contributed by atoms with Crippen LogP contribution in [-0.2, 0) is 11.9 Å². The van der Waals surface area contributed by atoms with E-state index >= 15 is 0 Å². The quantitative estimate of drug-likeness (QED) is 0.0729. The molecular formula is C40H36BrN7O4S3. The van der Waals surface area contributed by atoms with Crippen LogP contribution in [0.5, 0.6) is 0 Å². The van der Waals surface area contributed by atoms with Crippen LogP contribution in [0.15, 0.2) is 129 Å². The lowest BCUT2D eigenvalue weighted by Crippen LogP contribution is -2.20. The van der Waals surface area contributed by atoms with E-state index in [0.717, 1.165) is 16.4 Å². The Morgan fingerprint density at radius 3 is 2.02 bits per heavy atom. The van der Waals surface area contributed by atoms with Gasteiger partial charge in [0.05, 0.1) is 52.2 Å². The molecule has 0 aliphatic rings. The first-order valence-electron chi connectivity index (χ1n) is 16.6. The number of benzene rings is 3. The van der Waals surface area contributed by atoms with E-state index in [1.54, 1.807) is 41.2 Å². The zero-order chi connectivity index (χ0) is 39.3. The second kappa shape index (κ2) is 19.5. The third-order valence-corrected chi connectivity index (χ3v) is 11.2. The van der Waals surface area contributed by atoms with Gasteiger partial charge in [0.2, 0.25) is 0 Å². The number of aromatic nitrogens is 4. The van der Waals surface area contributed by atoms with E-state index in [2.05, 4.69) is 67.4 Å². The third-order valence-electron chi connectivity index (χ3n) is 7.75. The van der Waals surface area contributed by atoms with Crippen LogP contribution < -0.4 is 27.9 Å². The molecule has 0 bridgehead atoms. The normalized spacial score (nSPS) is 10.3. The number of alkyl halides is 1. The molecule has 0 saturated heterocycles. The highest BCUT2D eigenvalue weighted by Crippen LogP contribution is 2.20. The van der Waals surface area contributed by atoms with Crippen LogP contribution in [0, 0.1) is 6.92 Å². The van der Waals surface area contributed by atoms with Gasteiger partial charge in [0.1, 0.15) is 9.40 Å². The van der Waals surface area contributed by atoms with Gasteiger partial charge in [-0.15, -0.1) is 34.0 Å². The Kier molecular flexibility index (Phi) is 14.4. The Morgan fingerprint density at radius 2 is 1.42 bits per heavy atom. The minimum atomic E-state index is -0.238. The maximum Gasteiger partial charge on any atom is 0.271 e. The summed E-state index contributed by atoms with van der Waals surface area (Å²) >= 11 is 7.56. The van der Waals surface area contributed by atoms with Crippen LogP contribution in [0.3, 0.4) is 0 Å². The smallest absolute Gasteiger partial charge is 0.271 e. The average Bonchev–Trinajstić information content (AvgIpc) is 3.97. The molecule has 280 valence electrons. The van der Waals surface area contributed by atoms with Gasteiger partial charge in [-0.05, 0) is 76.7 Å². The minimum Gasteiger partial charge on any atom is -0.397 e. The number of carbonyl (C=O) groups excluding carboxylic acids is 2. The van der Waals surface area contributed by atoms with Crippen LogP contribution in [-0.4, -0.2) is 31.2 Å². The summed E-state index contributed by atoms with van der Waals surface area (Å²) in [7, 11) is 0. The first kappa shape index (κ1) is 40.4. The number of Topliss-reactive ketones (excluding diaryl/α,β-unsaturated/α-hetero) is 1. The molecule has 11 nitrogen and oxygen atoms in total. The maximum absolute atomic E-state index is 12.5. The summed E-state index contributed by atoms with van der Waals surface area (Å²) in [5, 5.41) is 9.27. The number of ketones is 1. The average molecular weight is 855 g/mol. The Hall–Kier alpha value is -5.74. The summed E-state index contributed by atoms with van der Waals surface area (Å²) in [6.45, 7) is 4.01. The van der Waals surface area contributed by atoms with E-state index in [1.165, 1.54) is 58.4 Å². The topological polar surface area (TPSA) is 179 Å². The minimum absolute atomic E-state index is 0.0440. The number of anilines is 3. The van der Waals surface area contributed by atoms with Crippen molar-refractivity contribution in [3.8, 4) is 0 Å². The van der Waals surface area contributed by atoms with Gasteiger partial charge in [-0.3, -0.25) is 23.7 Å². The summed E-state index contributed by atoms with van der Waals surface area (Å²) in [4.78, 5) is 57.9. The van der Waals surface area contributed by atoms with Crippen LogP contribution in [0.1, 0.15) is 43.6 Å². The van der Waals surface area contributed by atoms with Gasteiger partial charge >= 0.3 is 0 Å². The van der Waals surface area contributed by atoms with E-state index < -0.39 is 0 Å². The number of aryl methyl sites for hydroxylation is 1. The van der Waals surface area contributed by atoms with Crippen LogP contribution >= 0.6 is 49.9 Å². The number of nitrogen functional groups attached to an aromatic ring is 2. The number of amides is 1. The lowest BCUT2D eigenvalue weighted by atomic mass is 10.1. The fraction of sp³-hybridized carbons (Fsp3) is 0.100. The monoisotopic (exact) mass is 853 g/mol. The number of nitrogens with zero attached hydrogens (tertiary/aromatic N) is 3. The van der Waals surface area contributed by atoms with Crippen molar-refractivity contribution in [3.63, 3.8) is 0 Å². The fourth-order valence-electron chi connectivity index (χ4n) is 4.84. The number of para-hydroxylation sites is 2. The number of carbonyl (C=O) groups is 2. The van der Waals surface area contributed by atoms with Crippen molar-refractivity contribution in [2.45, 2.75) is 25.7 Å². The number of aromatic amines is 1. The van der Waals surface area contributed by atoms with Gasteiger partial charge in [0.25, 0.3) is 17.0 Å². The van der Waals surface area contributed by atoms with E-state index in [1.807, 2.05) is 52.5 Å². The highest BCUT2D eigenvalue weighted by Gasteiger charge is 2.10. The molecule has 0 atom stereocenters. The highest BCUT2D eigenvalue weighted by atomic mass is 79.9. The molecule has 0 spiro atoms. The summed E-state index contributed by atoms with van der Waals surface area (Å²) in [6.07, 6.45) is 2.97. The fourth-order valence-corrected chi connectivity index (χ4v) is 7.47.